The van der Waals surface area contributed by atoms with E-state index >= 15 is 0 Å². The zero-order valence-corrected chi connectivity index (χ0v) is 12.3. The predicted octanol–water partition coefficient (Wildman–Crippen LogP) is 1.03. The minimum atomic E-state index is 0.0442. The number of rotatable bonds is 7. The van der Waals surface area contributed by atoms with Gasteiger partial charge >= 0.3 is 0 Å². The topological polar surface area (TPSA) is 44.4 Å². The first-order valence-corrected chi connectivity index (χ1v) is 7.48. The molecule has 2 rings (SSSR count). The molecule has 2 N–H and O–H groups in total. The Morgan fingerprint density at radius 2 is 2.10 bits per heavy atom. The highest BCUT2D eigenvalue weighted by atomic mass is 16.1. The summed E-state index contributed by atoms with van der Waals surface area (Å²) in [6.45, 7) is 6.55. The van der Waals surface area contributed by atoms with Gasteiger partial charge in [0.1, 0.15) is 0 Å². The first-order chi connectivity index (χ1) is 9.74. The van der Waals surface area contributed by atoms with Crippen LogP contribution in [0, 0.1) is 0 Å². The Bertz CT molecular complexity index is 407. The maximum atomic E-state index is 10.8. The highest BCUT2D eigenvalue weighted by Crippen LogP contribution is 2.10. The summed E-state index contributed by atoms with van der Waals surface area (Å²) in [4.78, 5) is 13.3. The molecule has 4 nitrogen and oxygen atoms in total. The maximum Gasteiger partial charge on any atom is 0.216 e. The average Bonchev–Trinajstić information content (AvgIpc) is 2.90. The number of carbonyl (C=O) groups is 1. The number of benzene rings is 1. The van der Waals surface area contributed by atoms with Gasteiger partial charge in [-0.3, -0.25) is 4.79 Å². The van der Waals surface area contributed by atoms with Gasteiger partial charge in [0.15, 0.2) is 0 Å². The van der Waals surface area contributed by atoms with E-state index in [9.17, 15) is 4.79 Å². The molecule has 1 heterocycles. The number of amides is 1. The van der Waals surface area contributed by atoms with Gasteiger partial charge in [-0.15, -0.1) is 0 Å². The fourth-order valence-corrected chi connectivity index (χ4v) is 2.65. The lowest BCUT2D eigenvalue weighted by Gasteiger charge is -2.16. The van der Waals surface area contributed by atoms with E-state index in [2.05, 4.69) is 45.9 Å². The van der Waals surface area contributed by atoms with Crippen molar-refractivity contribution in [2.75, 3.05) is 32.7 Å². The lowest BCUT2D eigenvalue weighted by molar-refractivity contribution is -0.118. The van der Waals surface area contributed by atoms with Gasteiger partial charge in [-0.25, -0.2) is 0 Å². The van der Waals surface area contributed by atoms with E-state index in [1.807, 2.05) is 0 Å². The molecule has 4 heteroatoms. The molecule has 0 aromatic heterocycles. The van der Waals surface area contributed by atoms with Gasteiger partial charge in [-0.05, 0) is 24.9 Å². The van der Waals surface area contributed by atoms with Crippen LogP contribution in [0.4, 0.5) is 0 Å². The summed E-state index contributed by atoms with van der Waals surface area (Å²) in [5.74, 6) is 0.0442. The standard InChI is InChI=1S/C16H25N3O/c1-14(20)17-9-10-18-16-8-12-19(13-16)11-7-15-5-3-2-4-6-15/h2-6,16,18H,7-13H2,1H3,(H,17,20). The van der Waals surface area contributed by atoms with Crippen LogP contribution >= 0.6 is 0 Å². The van der Waals surface area contributed by atoms with E-state index in [1.54, 1.807) is 6.92 Å². The fourth-order valence-electron chi connectivity index (χ4n) is 2.65. The molecule has 1 aliphatic rings. The molecule has 20 heavy (non-hydrogen) atoms. The predicted molar refractivity (Wildman–Crippen MR) is 81.7 cm³/mol. The van der Waals surface area contributed by atoms with E-state index in [-0.39, 0.29) is 5.91 Å². The summed E-state index contributed by atoms with van der Waals surface area (Å²) < 4.78 is 0. The van der Waals surface area contributed by atoms with E-state index in [0.717, 1.165) is 32.6 Å². The molecule has 1 fully saturated rings. The quantitative estimate of drug-likeness (QED) is 0.731. The second-order valence-corrected chi connectivity index (χ2v) is 5.46. The van der Waals surface area contributed by atoms with Gasteiger partial charge in [0.2, 0.25) is 5.91 Å². The third kappa shape index (κ3) is 5.31. The summed E-state index contributed by atoms with van der Waals surface area (Å²) in [7, 11) is 0. The van der Waals surface area contributed by atoms with E-state index in [4.69, 9.17) is 0 Å². The molecule has 1 aromatic rings. The molecule has 1 aromatic carbocycles. The fraction of sp³-hybridized carbons (Fsp3) is 0.562. The molecule has 0 spiro atoms. The Morgan fingerprint density at radius 3 is 2.85 bits per heavy atom. The molecule has 1 atom stereocenters. The average molecular weight is 275 g/mol. The number of hydrogen-bond donors (Lipinski definition) is 2. The summed E-state index contributed by atoms with van der Waals surface area (Å²) in [5.41, 5.74) is 1.41. The Balaban J connectivity index is 1.59. The van der Waals surface area contributed by atoms with Crippen molar-refractivity contribution in [3.63, 3.8) is 0 Å². The highest BCUT2D eigenvalue weighted by Gasteiger charge is 2.21. The number of nitrogens with zero attached hydrogens (tertiary/aromatic N) is 1. The van der Waals surface area contributed by atoms with Crippen molar-refractivity contribution >= 4 is 5.91 Å². The molecule has 0 radical (unpaired) electrons. The van der Waals surface area contributed by atoms with Gasteiger partial charge in [0.25, 0.3) is 0 Å². The number of carbonyl (C=O) groups excluding carboxylic acids is 1. The van der Waals surface area contributed by atoms with E-state index < -0.39 is 0 Å². The number of hydrogen-bond acceptors (Lipinski definition) is 3. The van der Waals surface area contributed by atoms with Crippen molar-refractivity contribution in [1.29, 1.82) is 0 Å². The molecule has 1 unspecified atom stereocenters. The molecule has 0 saturated carbocycles. The van der Waals surface area contributed by atoms with Crippen LogP contribution in [0.5, 0.6) is 0 Å². The van der Waals surface area contributed by atoms with Crippen molar-refractivity contribution in [2.45, 2.75) is 25.8 Å². The van der Waals surface area contributed by atoms with Crippen molar-refractivity contribution in [3.05, 3.63) is 35.9 Å². The lowest BCUT2D eigenvalue weighted by atomic mass is 10.1. The Hall–Kier alpha value is -1.39. The normalized spacial score (nSPS) is 19.1. The first-order valence-electron chi connectivity index (χ1n) is 7.48. The third-order valence-electron chi connectivity index (χ3n) is 3.76. The molecule has 1 saturated heterocycles. The zero-order chi connectivity index (χ0) is 14.2. The largest absolute Gasteiger partial charge is 0.355 e. The zero-order valence-electron chi connectivity index (χ0n) is 12.3. The second kappa shape index (κ2) is 8.02. The van der Waals surface area contributed by atoms with Crippen LogP contribution in [0.25, 0.3) is 0 Å². The van der Waals surface area contributed by atoms with Crippen LogP contribution in [0.15, 0.2) is 30.3 Å². The molecular weight excluding hydrogens is 250 g/mol. The molecular formula is C16H25N3O. The van der Waals surface area contributed by atoms with E-state index in [1.165, 1.54) is 18.5 Å². The minimum Gasteiger partial charge on any atom is -0.355 e. The van der Waals surface area contributed by atoms with Crippen LogP contribution in [0.2, 0.25) is 0 Å². The third-order valence-corrected chi connectivity index (χ3v) is 3.76. The van der Waals surface area contributed by atoms with Crippen molar-refractivity contribution < 1.29 is 4.79 Å². The SMILES string of the molecule is CC(=O)NCCNC1CCN(CCc2ccccc2)C1. The van der Waals surface area contributed by atoms with Gasteiger partial charge in [0.05, 0.1) is 0 Å². The van der Waals surface area contributed by atoms with Gasteiger partial charge in [-0.1, -0.05) is 30.3 Å². The van der Waals surface area contributed by atoms with Crippen molar-refractivity contribution in [1.82, 2.24) is 15.5 Å². The van der Waals surface area contributed by atoms with Crippen LogP contribution in [0.3, 0.4) is 0 Å². The monoisotopic (exact) mass is 275 g/mol. The molecule has 110 valence electrons. The Kier molecular flexibility index (Phi) is 6.02. The molecule has 0 aliphatic carbocycles. The van der Waals surface area contributed by atoms with Crippen LogP contribution in [0.1, 0.15) is 18.9 Å². The van der Waals surface area contributed by atoms with Crippen LogP contribution < -0.4 is 10.6 Å². The molecule has 1 amide bonds. The van der Waals surface area contributed by atoms with Crippen molar-refractivity contribution in [2.24, 2.45) is 0 Å². The van der Waals surface area contributed by atoms with Gasteiger partial charge in [0, 0.05) is 39.1 Å². The number of likely N-dealkylation sites (tertiary alicyclic amines) is 1. The maximum absolute atomic E-state index is 10.8. The van der Waals surface area contributed by atoms with Gasteiger partial charge < -0.3 is 15.5 Å². The minimum absolute atomic E-state index is 0.0442. The lowest BCUT2D eigenvalue weighted by Crippen LogP contribution is -2.38. The van der Waals surface area contributed by atoms with Crippen LogP contribution in [-0.4, -0.2) is 49.6 Å². The first kappa shape index (κ1) is 15.0. The summed E-state index contributed by atoms with van der Waals surface area (Å²) in [6.07, 6.45) is 2.33. The Morgan fingerprint density at radius 1 is 1.30 bits per heavy atom. The van der Waals surface area contributed by atoms with Gasteiger partial charge in [-0.2, -0.15) is 0 Å². The summed E-state index contributed by atoms with van der Waals surface area (Å²) in [5, 5.41) is 6.32. The van der Waals surface area contributed by atoms with Crippen molar-refractivity contribution in [3.8, 4) is 0 Å². The Labute approximate surface area is 121 Å². The molecule has 0 bridgehead atoms. The number of nitrogens with one attached hydrogen (secondary N) is 2. The summed E-state index contributed by atoms with van der Waals surface area (Å²) >= 11 is 0. The van der Waals surface area contributed by atoms with E-state index in [0.29, 0.717) is 6.04 Å². The van der Waals surface area contributed by atoms with Crippen LogP contribution in [-0.2, 0) is 11.2 Å². The summed E-state index contributed by atoms with van der Waals surface area (Å²) in [6, 6.07) is 11.2. The highest BCUT2D eigenvalue weighted by molar-refractivity contribution is 5.72. The second-order valence-electron chi connectivity index (χ2n) is 5.46. The smallest absolute Gasteiger partial charge is 0.216 e. The molecule has 1 aliphatic heterocycles.